The quantitative estimate of drug-likeness (QED) is 0.158. The molecule has 0 N–H and O–H groups in total. The van der Waals surface area contributed by atoms with Gasteiger partial charge in [-0.25, -0.2) is 23.4 Å². The molecule has 0 bridgehead atoms. The number of esters is 1. The summed E-state index contributed by atoms with van der Waals surface area (Å²) in [6, 6.07) is 14.4. The van der Waals surface area contributed by atoms with Gasteiger partial charge in [0.05, 0.1) is 24.4 Å². The highest BCUT2D eigenvalue weighted by atomic mass is 19.1. The van der Waals surface area contributed by atoms with Crippen LogP contribution in [-0.4, -0.2) is 47.0 Å². The van der Waals surface area contributed by atoms with Crippen molar-refractivity contribution in [2.24, 2.45) is 0 Å². The molecule has 0 unspecified atom stereocenters. The Balaban J connectivity index is 1.32. The van der Waals surface area contributed by atoms with Crippen LogP contribution in [-0.2, 0) is 27.1 Å². The van der Waals surface area contributed by atoms with Gasteiger partial charge in [0.1, 0.15) is 28.8 Å². The van der Waals surface area contributed by atoms with Crippen molar-refractivity contribution in [1.82, 2.24) is 9.55 Å². The molecule has 1 aliphatic heterocycles. The van der Waals surface area contributed by atoms with E-state index in [1.54, 1.807) is 28.7 Å². The van der Waals surface area contributed by atoms with Gasteiger partial charge >= 0.3 is 12.1 Å². The number of aromatic nitrogens is 2. The molecule has 0 radical (unpaired) electrons. The third kappa shape index (κ3) is 7.24. The Hall–Kier alpha value is -4.73. The number of fused-ring (bicyclic) bond motifs is 2. The minimum absolute atomic E-state index is 0.163. The first-order valence-corrected chi connectivity index (χ1v) is 14.6. The minimum atomic E-state index is -0.757. The monoisotopic (exact) mass is 603 g/mol. The number of amides is 1. The van der Waals surface area contributed by atoms with Crippen molar-refractivity contribution in [2.75, 3.05) is 24.7 Å². The van der Waals surface area contributed by atoms with Crippen molar-refractivity contribution >= 4 is 34.5 Å². The Morgan fingerprint density at radius 2 is 1.80 bits per heavy atom. The normalized spacial score (nSPS) is 13.5. The van der Waals surface area contributed by atoms with Crippen LogP contribution >= 0.6 is 0 Å². The van der Waals surface area contributed by atoms with Gasteiger partial charge in [-0.2, -0.15) is 0 Å². The summed E-state index contributed by atoms with van der Waals surface area (Å²) in [6.45, 7) is 8.27. The fourth-order valence-corrected chi connectivity index (χ4v) is 5.10. The van der Waals surface area contributed by atoms with E-state index in [0.717, 1.165) is 35.6 Å². The smallest absolute Gasteiger partial charge is 0.416 e. The molecule has 4 aromatic rings. The van der Waals surface area contributed by atoms with E-state index in [0.29, 0.717) is 36.7 Å². The first-order valence-electron chi connectivity index (χ1n) is 14.6. The van der Waals surface area contributed by atoms with Gasteiger partial charge in [0.2, 0.25) is 0 Å². The highest BCUT2D eigenvalue weighted by molar-refractivity contribution is 5.95. The van der Waals surface area contributed by atoms with Gasteiger partial charge < -0.3 is 18.8 Å². The number of hydrogen-bond donors (Lipinski definition) is 0. The van der Waals surface area contributed by atoms with Gasteiger partial charge in [-0.15, -0.1) is 0 Å². The molecular formula is C34H35F2N3O5. The highest BCUT2D eigenvalue weighted by Gasteiger charge is 2.28. The number of benzene rings is 2. The van der Waals surface area contributed by atoms with E-state index in [1.807, 2.05) is 51.1 Å². The fourth-order valence-electron chi connectivity index (χ4n) is 5.10. The number of rotatable bonds is 8. The summed E-state index contributed by atoms with van der Waals surface area (Å²) in [5.41, 5.74) is 2.37. The van der Waals surface area contributed by atoms with E-state index < -0.39 is 29.3 Å². The molecule has 1 amide bonds. The number of carbonyl (C=O) groups is 2. The zero-order valence-corrected chi connectivity index (χ0v) is 25.2. The maximum absolute atomic E-state index is 14.1. The molecule has 44 heavy (non-hydrogen) atoms. The van der Waals surface area contributed by atoms with E-state index in [2.05, 4.69) is 0 Å². The predicted octanol–water partition coefficient (Wildman–Crippen LogP) is 7.08. The molecule has 0 fully saturated rings. The Bertz CT molecular complexity index is 1700. The summed E-state index contributed by atoms with van der Waals surface area (Å²) in [5.74, 6) is -0.883. The van der Waals surface area contributed by atoms with E-state index in [-0.39, 0.29) is 17.9 Å². The Kier molecular flexibility index (Phi) is 8.98. The van der Waals surface area contributed by atoms with Crippen LogP contribution in [0.5, 0.6) is 5.75 Å². The molecule has 0 atom stereocenters. The summed E-state index contributed by atoms with van der Waals surface area (Å²) in [4.78, 5) is 31.5. The molecule has 1 aliphatic rings. The van der Waals surface area contributed by atoms with E-state index in [1.165, 1.54) is 18.2 Å². The lowest BCUT2D eigenvalue weighted by molar-refractivity contribution is -0.137. The summed E-state index contributed by atoms with van der Waals surface area (Å²) < 4.78 is 46.5. The lowest BCUT2D eigenvalue weighted by Gasteiger charge is -2.31. The second-order valence-electron chi connectivity index (χ2n) is 11.5. The van der Waals surface area contributed by atoms with Crippen LogP contribution in [0.4, 0.5) is 19.4 Å². The molecule has 0 saturated heterocycles. The first-order chi connectivity index (χ1) is 21.0. The largest absolute Gasteiger partial charge is 0.493 e. The molecule has 0 saturated carbocycles. The van der Waals surface area contributed by atoms with Crippen LogP contribution in [0.1, 0.15) is 50.9 Å². The van der Waals surface area contributed by atoms with Crippen LogP contribution in [0.25, 0.3) is 16.6 Å². The Morgan fingerprint density at radius 3 is 2.52 bits per heavy atom. The van der Waals surface area contributed by atoms with Crippen LogP contribution < -0.4 is 9.64 Å². The minimum Gasteiger partial charge on any atom is -0.493 e. The van der Waals surface area contributed by atoms with Gasteiger partial charge in [-0.05, 0) is 88.6 Å². The molecule has 8 nitrogen and oxygen atoms in total. The van der Waals surface area contributed by atoms with Gasteiger partial charge in [0, 0.05) is 47.9 Å². The standard InChI is InChI=1S/C34H35F2N3O5/c1-5-42-31(40)21-30(24-17-25(35)20-26(36)18-24)38-15-12-23-19-28(10-11-29(23)38)43-16-13-27-9-8-22-7-6-14-39(32(22)37-27)33(41)44-34(2,3)4/h8-12,15,17-21H,5-7,13-14,16H2,1-4H3/b30-21-. The number of carbonyl (C=O) groups excluding carboxylic acids is 2. The second-order valence-corrected chi connectivity index (χ2v) is 11.5. The third-order valence-electron chi connectivity index (χ3n) is 6.96. The average molecular weight is 604 g/mol. The van der Waals surface area contributed by atoms with Crippen LogP contribution in [0, 0.1) is 11.6 Å². The fraction of sp³-hybridized carbons (Fsp3) is 0.324. The summed E-state index contributed by atoms with van der Waals surface area (Å²) in [7, 11) is 0. The summed E-state index contributed by atoms with van der Waals surface area (Å²) >= 11 is 0. The summed E-state index contributed by atoms with van der Waals surface area (Å²) in [6.07, 6.45) is 4.75. The molecule has 0 aliphatic carbocycles. The van der Waals surface area contributed by atoms with Gasteiger partial charge in [0.25, 0.3) is 0 Å². The van der Waals surface area contributed by atoms with Gasteiger partial charge in [-0.1, -0.05) is 6.07 Å². The molecule has 0 spiro atoms. The van der Waals surface area contributed by atoms with Crippen LogP contribution in [0.2, 0.25) is 0 Å². The van der Waals surface area contributed by atoms with Crippen molar-refractivity contribution in [1.29, 1.82) is 0 Å². The molecule has 3 heterocycles. The van der Waals surface area contributed by atoms with E-state index in [9.17, 15) is 18.4 Å². The van der Waals surface area contributed by atoms with Crippen molar-refractivity contribution in [3.63, 3.8) is 0 Å². The molecular weight excluding hydrogens is 568 g/mol. The lowest BCUT2D eigenvalue weighted by atomic mass is 10.1. The van der Waals surface area contributed by atoms with Crippen molar-refractivity contribution in [3.8, 4) is 5.75 Å². The number of hydrogen-bond acceptors (Lipinski definition) is 6. The lowest BCUT2D eigenvalue weighted by Crippen LogP contribution is -2.40. The zero-order valence-electron chi connectivity index (χ0n) is 25.2. The molecule has 2 aromatic heterocycles. The number of anilines is 1. The Morgan fingerprint density at radius 1 is 1.02 bits per heavy atom. The predicted molar refractivity (Wildman–Crippen MR) is 164 cm³/mol. The average Bonchev–Trinajstić information content (AvgIpc) is 3.37. The Labute approximate surface area is 254 Å². The van der Waals surface area contributed by atoms with Crippen molar-refractivity contribution in [2.45, 2.75) is 52.6 Å². The van der Waals surface area contributed by atoms with Crippen molar-refractivity contribution in [3.05, 3.63) is 95.3 Å². The number of aryl methyl sites for hydroxylation is 1. The van der Waals surface area contributed by atoms with Gasteiger partial charge in [-0.3, -0.25) is 4.90 Å². The molecule has 5 rings (SSSR count). The maximum Gasteiger partial charge on any atom is 0.416 e. The van der Waals surface area contributed by atoms with E-state index in [4.69, 9.17) is 19.2 Å². The molecule has 10 heteroatoms. The number of pyridine rings is 1. The van der Waals surface area contributed by atoms with Crippen molar-refractivity contribution < 1.29 is 32.6 Å². The number of ether oxygens (including phenoxy) is 3. The second kappa shape index (κ2) is 12.9. The third-order valence-corrected chi connectivity index (χ3v) is 6.96. The first kappa shape index (κ1) is 30.7. The molecule has 230 valence electrons. The zero-order chi connectivity index (χ0) is 31.4. The topological polar surface area (TPSA) is 82.9 Å². The number of halogens is 2. The number of nitrogens with zero attached hydrogens (tertiary/aromatic N) is 3. The van der Waals surface area contributed by atoms with Crippen LogP contribution in [0.15, 0.2) is 66.9 Å². The van der Waals surface area contributed by atoms with Gasteiger partial charge in [0.15, 0.2) is 0 Å². The van der Waals surface area contributed by atoms with Crippen LogP contribution in [0.3, 0.4) is 0 Å². The van der Waals surface area contributed by atoms with E-state index >= 15 is 0 Å². The highest BCUT2D eigenvalue weighted by Crippen LogP contribution is 2.30. The summed E-state index contributed by atoms with van der Waals surface area (Å²) in [5, 5.41) is 0.800. The maximum atomic E-state index is 14.1. The SMILES string of the molecule is CCOC(=O)/C=C(/c1cc(F)cc(F)c1)n1ccc2cc(OCCc3ccc4c(n3)N(C(=O)OC(C)(C)C)CCC4)ccc21. The molecule has 2 aromatic carbocycles.